The molecule has 0 spiro atoms. The first-order valence-corrected chi connectivity index (χ1v) is 7.06. The summed E-state index contributed by atoms with van der Waals surface area (Å²) in [5.41, 5.74) is 0.652. The molecule has 104 valence electrons. The maximum absolute atomic E-state index is 11.9. The number of carbonyl (C=O) groups is 1. The summed E-state index contributed by atoms with van der Waals surface area (Å²) in [6.07, 6.45) is 0. The van der Waals surface area contributed by atoms with Gasteiger partial charge in [0, 0.05) is 18.7 Å². The summed E-state index contributed by atoms with van der Waals surface area (Å²) in [5, 5.41) is 13.3. The van der Waals surface area contributed by atoms with Crippen molar-refractivity contribution in [3.05, 3.63) is 21.9 Å². The van der Waals surface area contributed by atoms with Crippen molar-refractivity contribution >= 4 is 17.2 Å². The Morgan fingerprint density at radius 2 is 2.37 bits per heavy atom. The number of hydrogen-bond donors (Lipinski definition) is 2. The van der Waals surface area contributed by atoms with E-state index < -0.39 is 0 Å². The van der Waals surface area contributed by atoms with Crippen LogP contribution in [0.5, 0.6) is 0 Å². The molecule has 1 aromatic rings. The lowest BCUT2D eigenvalue weighted by atomic mass is 10.2. The van der Waals surface area contributed by atoms with E-state index in [4.69, 9.17) is 9.84 Å². The van der Waals surface area contributed by atoms with E-state index in [9.17, 15) is 4.79 Å². The molecule has 1 heterocycles. The second kappa shape index (κ2) is 8.70. The van der Waals surface area contributed by atoms with Crippen molar-refractivity contribution < 1.29 is 14.6 Å². The lowest BCUT2D eigenvalue weighted by molar-refractivity contribution is 0.0889. The van der Waals surface area contributed by atoms with E-state index in [1.54, 1.807) is 6.07 Å². The van der Waals surface area contributed by atoms with Gasteiger partial charge in [-0.3, -0.25) is 4.79 Å². The predicted octanol–water partition coefficient (Wildman–Crippen LogP) is 1.49. The van der Waals surface area contributed by atoms with Crippen LogP contribution >= 0.6 is 11.3 Å². The highest BCUT2D eigenvalue weighted by molar-refractivity contribution is 7.12. The van der Waals surface area contributed by atoms with Gasteiger partial charge in [0.15, 0.2) is 0 Å². The van der Waals surface area contributed by atoms with Crippen molar-refractivity contribution in [3.8, 4) is 11.8 Å². The molecule has 0 unspecified atom stereocenters. The minimum atomic E-state index is -0.208. The summed E-state index contributed by atoms with van der Waals surface area (Å²) in [6.45, 7) is 5.64. The van der Waals surface area contributed by atoms with Gasteiger partial charge >= 0.3 is 0 Å². The number of carbonyl (C=O) groups excluding carboxylic acids is 1. The second-order valence-corrected chi connectivity index (χ2v) is 5.26. The normalized spacial score (nSPS) is 10.1. The Bertz CT molecular complexity index is 457. The van der Waals surface area contributed by atoms with E-state index in [0.717, 1.165) is 0 Å². The van der Waals surface area contributed by atoms with Gasteiger partial charge < -0.3 is 15.2 Å². The number of aliphatic hydroxyl groups is 1. The maximum Gasteiger partial charge on any atom is 0.262 e. The van der Waals surface area contributed by atoms with Gasteiger partial charge in [0.25, 0.3) is 5.91 Å². The maximum atomic E-state index is 11.9. The van der Waals surface area contributed by atoms with E-state index in [0.29, 0.717) is 36.1 Å². The highest BCUT2D eigenvalue weighted by Crippen LogP contribution is 2.15. The largest absolute Gasteiger partial charge is 0.384 e. The summed E-state index contributed by atoms with van der Waals surface area (Å²) in [6, 6.07) is 1.78. The highest BCUT2D eigenvalue weighted by Gasteiger charge is 2.11. The van der Waals surface area contributed by atoms with E-state index in [1.807, 2.05) is 5.38 Å². The minimum Gasteiger partial charge on any atom is -0.384 e. The Hall–Kier alpha value is -1.35. The molecule has 0 radical (unpaired) electrons. The Kier molecular flexibility index (Phi) is 7.19. The van der Waals surface area contributed by atoms with Gasteiger partial charge in [-0.2, -0.15) is 0 Å². The molecule has 0 atom stereocenters. The summed E-state index contributed by atoms with van der Waals surface area (Å²) >= 11 is 1.34. The molecule has 0 aliphatic heterocycles. The third-order valence-corrected chi connectivity index (χ3v) is 3.07. The lowest BCUT2D eigenvalue weighted by Crippen LogP contribution is -2.27. The predicted molar refractivity (Wildman–Crippen MR) is 76.3 cm³/mol. The van der Waals surface area contributed by atoms with Crippen LogP contribution in [0.4, 0.5) is 0 Å². The Morgan fingerprint density at radius 1 is 1.58 bits per heavy atom. The number of ether oxygens (including phenoxy) is 1. The summed E-state index contributed by atoms with van der Waals surface area (Å²) < 4.78 is 5.39. The van der Waals surface area contributed by atoms with Gasteiger partial charge in [-0.15, -0.1) is 11.3 Å². The van der Waals surface area contributed by atoms with Crippen molar-refractivity contribution in [2.24, 2.45) is 5.92 Å². The van der Waals surface area contributed by atoms with E-state index in [-0.39, 0.29) is 12.5 Å². The van der Waals surface area contributed by atoms with Crippen LogP contribution in [0.25, 0.3) is 0 Å². The summed E-state index contributed by atoms with van der Waals surface area (Å²) in [5.74, 6) is 5.65. The molecule has 1 rings (SSSR count). The molecule has 4 nitrogen and oxygen atoms in total. The monoisotopic (exact) mass is 281 g/mol. The van der Waals surface area contributed by atoms with Crippen molar-refractivity contribution in [1.29, 1.82) is 0 Å². The van der Waals surface area contributed by atoms with Gasteiger partial charge in [-0.05, 0) is 17.4 Å². The molecule has 5 heteroatoms. The molecule has 0 aliphatic rings. The van der Waals surface area contributed by atoms with Crippen molar-refractivity contribution in [3.63, 3.8) is 0 Å². The molecular weight excluding hydrogens is 262 g/mol. The molecule has 0 saturated heterocycles. The molecule has 0 aromatic carbocycles. The first kappa shape index (κ1) is 15.7. The quantitative estimate of drug-likeness (QED) is 0.613. The summed E-state index contributed by atoms with van der Waals surface area (Å²) in [4.78, 5) is 12.5. The van der Waals surface area contributed by atoms with E-state index in [1.165, 1.54) is 11.3 Å². The number of nitrogens with one attached hydrogen (secondary N) is 1. The lowest BCUT2D eigenvalue weighted by Gasteiger charge is -2.07. The van der Waals surface area contributed by atoms with E-state index in [2.05, 4.69) is 31.0 Å². The van der Waals surface area contributed by atoms with Crippen LogP contribution in [0.2, 0.25) is 0 Å². The zero-order valence-corrected chi connectivity index (χ0v) is 12.0. The minimum absolute atomic E-state index is 0.148. The van der Waals surface area contributed by atoms with Gasteiger partial charge in [-0.25, -0.2) is 0 Å². The van der Waals surface area contributed by atoms with Gasteiger partial charge in [-0.1, -0.05) is 25.7 Å². The fourth-order valence-corrected chi connectivity index (χ4v) is 2.12. The molecule has 0 bridgehead atoms. The van der Waals surface area contributed by atoms with Gasteiger partial charge in [0.05, 0.1) is 6.61 Å². The van der Waals surface area contributed by atoms with E-state index >= 15 is 0 Å². The molecule has 0 aliphatic carbocycles. The smallest absolute Gasteiger partial charge is 0.262 e. The van der Waals surface area contributed by atoms with Crippen molar-refractivity contribution in [2.45, 2.75) is 13.8 Å². The molecular formula is C14H19NO3S. The number of hydrogen-bond acceptors (Lipinski definition) is 4. The Labute approximate surface area is 117 Å². The van der Waals surface area contributed by atoms with Crippen LogP contribution in [0.1, 0.15) is 29.1 Å². The first-order chi connectivity index (χ1) is 9.15. The number of amides is 1. The first-order valence-electron chi connectivity index (χ1n) is 6.18. The zero-order valence-electron chi connectivity index (χ0n) is 11.2. The molecule has 1 amide bonds. The fourth-order valence-electron chi connectivity index (χ4n) is 1.35. The molecule has 19 heavy (non-hydrogen) atoms. The zero-order chi connectivity index (χ0) is 14.1. The van der Waals surface area contributed by atoms with Crippen molar-refractivity contribution in [1.82, 2.24) is 5.32 Å². The Morgan fingerprint density at radius 3 is 3.05 bits per heavy atom. The number of thiophene rings is 1. The van der Waals surface area contributed by atoms with Gasteiger partial charge in [0.1, 0.15) is 11.5 Å². The highest BCUT2D eigenvalue weighted by atomic mass is 32.1. The molecule has 0 saturated carbocycles. The summed E-state index contributed by atoms with van der Waals surface area (Å²) in [7, 11) is 0. The van der Waals surface area contributed by atoms with Crippen molar-refractivity contribution in [2.75, 3.05) is 26.4 Å². The van der Waals surface area contributed by atoms with Crippen LogP contribution in [-0.4, -0.2) is 37.4 Å². The second-order valence-electron chi connectivity index (χ2n) is 4.35. The van der Waals surface area contributed by atoms with Crippen LogP contribution in [0.3, 0.4) is 0 Å². The SMILES string of the molecule is CC(C)COCCNC(=O)c1sccc1C#CCO. The fraction of sp³-hybridized carbons (Fsp3) is 0.500. The average Bonchev–Trinajstić information content (AvgIpc) is 2.83. The van der Waals surface area contributed by atoms with Crippen LogP contribution < -0.4 is 5.32 Å². The standard InChI is InChI=1S/C14H19NO3S/c1-11(2)10-18-8-6-15-14(17)13-12(4-3-7-16)5-9-19-13/h5,9,11,16H,6-8,10H2,1-2H3,(H,15,17). The molecule has 0 fully saturated rings. The Balaban J connectivity index is 2.39. The number of rotatable bonds is 6. The average molecular weight is 281 g/mol. The third kappa shape index (κ3) is 5.88. The van der Waals surface area contributed by atoms with Gasteiger partial charge in [0.2, 0.25) is 0 Å². The molecule has 2 N–H and O–H groups in total. The number of aliphatic hydroxyl groups excluding tert-OH is 1. The molecule has 1 aromatic heterocycles. The van der Waals surface area contributed by atoms with Crippen LogP contribution in [0.15, 0.2) is 11.4 Å². The third-order valence-electron chi connectivity index (χ3n) is 2.16. The van der Waals surface area contributed by atoms with Crippen LogP contribution in [-0.2, 0) is 4.74 Å². The topological polar surface area (TPSA) is 58.6 Å². The van der Waals surface area contributed by atoms with Crippen LogP contribution in [0, 0.1) is 17.8 Å².